The number of rotatable bonds is 5. The van der Waals surface area contributed by atoms with E-state index < -0.39 is 0 Å². The quantitative estimate of drug-likeness (QED) is 0.681. The average molecular weight is 373 g/mol. The van der Waals surface area contributed by atoms with Gasteiger partial charge in [-0.05, 0) is 29.8 Å². The average Bonchev–Trinajstić information content (AvgIpc) is 2.79. The second kappa shape index (κ2) is 8.67. The fraction of sp³-hybridized carbons (Fsp3) is 0.217. The third kappa shape index (κ3) is 4.21. The summed E-state index contributed by atoms with van der Waals surface area (Å²) in [5.74, 6) is 0.824. The lowest BCUT2D eigenvalue weighted by atomic mass is 10.2. The first-order valence-corrected chi connectivity index (χ1v) is 9.51. The minimum Gasteiger partial charge on any atom is -0.378 e. The Hall–Kier alpha value is -3.18. The highest BCUT2D eigenvalue weighted by Gasteiger charge is 2.19. The Labute approximate surface area is 165 Å². The van der Waals surface area contributed by atoms with Crippen molar-refractivity contribution in [1.29, 1.82) is 0 Å². The van der Waals surface area contributed by atoms with Gasteiger partial charge in [0.2, 0.25) is 0 Å². The number of nitrogens with zero attached hydrogens (tertiary/aromatic N) is 3. The van der Waals surface area contributed by atoms with Crippen molar-refractivity contribution in [1.82, 2.24) is 9.88 Å². The Morgan fingerprint density at radius 3 is 2.25 bits per heavy atom. The maximum Gasteiger partial charge on any atom is 0.255 e. The highest BCUT2D eigenvalue weighted by atomic mass is 16.5. The van der Waals surface area contributed by atoms with Crippen LogP contribution in [-0.4, -0.2) is 42.1 Å². The van der Waals surface area contributed by atoms with Crippen molar-refractivity contribution in [3.05, 3.63) is 90.1 Å². The summed E-state index contributed by atoms with van der Waals surface area (Å²) in [6, 6.07) is 24.2. The van der Waals surface area contributed by atoms with Crippen molar-refractivity contribution in [2.24, 2.45) is 0 Å². The van der Waals surface area contributed by atoms with Crippen molar-refractivity contribution < 1.29 is 9.53 Å². The number of carbonyl (C=O) groups is 1. The number of para-hydroxylation sites is 1. The molecule has 1 aliphatic heterocycles. The fourth-order valence-electron chi connectivity index (χ4n) is 3.30. The summed E-state index contributed by atoms with van der Waals surface area (Å²) < 4.78 is 5.33. The van der Waals surface area contributed by atoms with Crippen LogP contribution in [0, 0.1) is 0 Å². The Balaban J connectivity index is 1.58. The van der Waals surface area contributed by atoms with Crippen LogP contribution in [0.3, 0.4) is 0 Å². The molecule has 0 aliphatic carbocycles. The van der Waals surface area contributed by atoms with E-state index in [1.807, 2.05) is 53.4 Å². The van der Waals surface area contributed by atoms with Crippen LogP contribution >= 0.6 is 0 Å². The van der Waals surface area contributed by atoms with Crippen molar-refractivity contribution in [2.45, 2.75) is 6.54 Å². The molecule has 1 aromatic heterocycles. The fourth-order valence-corrected chi connectivity index (χ4v) is 3.30. The van der Waals surface area contributed by atoms with Gasteiger partial charge in [0, 0.05) is 31.5 Å². The van der Waals surface area contributed by atoms with E-state index in [1.165, 1.54) is 5.56 Å². The van der Waals surface area contributed by atoms with Crippen molar-refractivity contribution in [2.75, 3.05) is 31.2 Å². The molecule has 0 saturated carbocycles. The van der Waals surface area contributed by atoms with Crippen LogP contribution < -0.4 is 4.90 Å². The summed E-state index contributed by atoms with van der Waals surface area (Å²) in [7, 11) is 0. The molecule has 0 atom stereocenters. The molecule has 142 valence electrons. The van der Waals surface area contributed by atoms with E-state index in [1.54, 1.807) is 6.20 Å². The van der Waals surface area contributed by atoms with E-state index >= 15 is 0 Å². The van der Waals surface area contributed by atoms with Gasteiger partial charge in [0.15, 0.2) is 0 Å². The number of aromatic nitrogens is 1. The van der Waals surface area contributed by atoms with Gasteiger partial charge in [-0.2, -0.15) is 0 Å². The standard InChI is InChI=1S/C23H23N3O2/c27-23(25-13-15-28-16-14-25)20-11-12-22(24-17-20)26(21-9-5-2-6-10-21)18-19-7-3-1-4-8-19/h1-12,17H,13-16,18H2. The zero-order valence-electron chi connectivity index (χ0n) is 15.7. The van der Waals surface area contributed by atoms with Gasteiger partial charge in [-0.15, -0.1) is 0 Å². The Morgan fingerprint density at radius 1 is 0.929 bits per heavy atom. The van der Waals surface area contributed by atoms with Crippen LogP contribution in [-0.2, 0) is 11.3 Å². The molecule has 0 unspecified atom stereocenters. The number of amides is 1. The molecule has 3 aromatic rings. The molecule has 0 radical (unpaired) electrons. The van der Waals surface area contributed by atoms with Gasteiger partial charge in [-0.3, -0.25) is 4.79 Å². The molecule has 1 aliphatic rings. The number of hydrogen-bond acceptors (Lipinski definition) is 4. The van der Waals surface area contributed by atoms with Gasteiger partial charge in [-0.25, -0.2) is 4.98 Å². The molecular formula is C23H23N3O2. The van der Waals surface area contributed by atoms with E-state index in [2.05, 4.69) is 34.1 Å². The third-order valence-electron chi connectivity index (χ3n) is 4.82. The number of hydrogen-bond donors (Lipinski definition) is 0. The summed E-state index contributed by atoms with van der Waals surface area (Å²) in [5.41, 5.74) is 2.87. The molecule has 0 bridgehead atoms. The zero-order chi connectivity index (χ0) is 19.2. The first kappa shape index (κ1) is 18.2. The number of ether oxygens (including phenoxy) is 1. The maximum atomic E-state index is 12.7. The van der Waals surface area contributed by atoms with E-state index in [0.717, 1.165) is 11.5 Å². The first-order chi connectivity index (χ1) is 13.8. The molecule has 28 heavy (non-hydrogen) atoms. The van der Waals surface area contributed by atoms with Crippen LogP contribution in [0.5, 0.6) is 0 Å². The number of pyridine rings is 1. The van der Waals surface area contributed by atoms with Gasteiger partial charge in [0.1, 0.15) is 5.82 Å². The van der Waals surface area contributed by atoms with Crippen LogP contribution in [0.2, 0.25) is 0 Å². The lowest BCUT2D eigenvalue weighted by Crippen LogP contribution is -2.40. The van der Waals surface area contributed by atoms with Crippen molar-refractivity contribution in [3.63, 3.8) is 0 Å². The van der Waals surface area contributed by atoms with Crippen LogP contribution in [0.4, 0.5) is 11.5 Å². The number of carbonyl (C=O) groups excluding carboxylic acids is 1. The minimum absolute atomic E-state index is 0.0108. The molecule has 0 N–H and O–H groups in total. The van der Waals surface area contributed by atoms with Crippen LogP contribution in [0.15, 0.2) is 79.0 Å². The SMILES string of the molecule is O=C(c1ccc(N(Cc2ccccc2)c2ccccc2)nc1)N1CCOCC1. The molecule has 4 rings (SSSR count). The number of benzene rings is 2. The molecule has 2 aromatic carbocycles. The molecule has 0 spiro atoms. The van der Waals surface area contributed by atoms with E-state index in [-0.39, 0.29) is 5.91 Å². The van der Waals surface area contributed by atoms with E-state index in [4.69, 9.17) is 4.74 Å². The number of anilines is 2. The molecule has 5 nitrogen and oxygen atoms in total. The van der Waals surface area contributed by atoms with Gasteiger partial charge in [0.05, 0.1) is 18.8 Å². The first-order valence-electron chi connectivity index (χ1n) is 9.51. The number of morpholine rings is 1. The second-order valence-corrected chi connectivity index (χ2v) is 6.72. The molecule has 5 heteroatoms. The van der Waals surface area contributed by atoms with Crippen LogP contribution in [0.1, 0.15) is 15.9 Å². The van der Waals surface area contributed by atoms with E-state index in [9.17, 15) is 4.79 Å². The Morgan fingerprint density at radius 2 is 1.61 bits per heavy atom. The lowest BCUT2D eigenvalue weighted by Gasteiger charge is -2.27. The highest BCUT2D eigenvalue weighted by molar-refractivity contribution is 5.94. The maximum absolute atomic E-state index is 12.7. The molecule has 2 heterocycles. The zero-order valence-corrected chi connectivity index (χ0v) is 15.7. The summed E-state index contributed by atoms with van der Waals surface area (Å²) in [4.78, 5) is 21.2. The molecule has 1 fully saturated rings. The van der Waals surface area contributed by atoms with E-state index in [0.29, 0.717) is 38.4 Å². The normalized spacial score (nSPS) is 13.9. The van der Waals surface area contributed by atoms with Gasteiger partial charge >= 0.3 is 0 Å². The van der Waals surface area contributed by atoms with Gasteiger partial charge in [0.25, 0.3) is 5.91 Å². The van der Waals surface area contributed by atoms with Crippen LogP contribution in [0.25, 0.3) is 0 Å². The largest absolute Gasteiger partial charge is 0.378 e. The minimum atomic E-state index is 0.0108. The summed E-state index contributed by atoms with van der Waals surface area (Å²) in [6.45, 7) is 3.15. The monoisotopic (exact) mass is 373 g/mol. The van der Waals surface area contributed by atoms with Crippen molar-refractivity contribution in [3.8, 4) is 0 Å². The van der Waals surface area contributed by atoms with Gasteiger partial charge in [-0.1, -0.05) is 48.5 Å². The molecular weight excluding hydrogens is 350 g/mol. The Kier molecular flexibility index (Phi) is 5.64. The Bertz CT molecular complexity index is 892. The smallest absolute Gasteiger partial charge is 0.255 e. The third-order valence-corrected chi connectivity index (χ3v) is 4.82. The summed E-state index contributed by atoms with van der Waals surface area (Å²) in [5, 5.41) is 0. The molecule has 1 amide bonds. The van der Waals surface area contributed by atoms with Crippen molar-refractivity contribution >= 4 is 17.4 Å². The highest BCUT2D eigenvalue weighted by Crippen LogP contribution is 2.26. The van der Waals surface area contributed by atoms with Gasteiger partial charge < -0.3 is 14.5 Å². The predicted molar refractivity (Wildman–Crippen MR) is 110 cm³/mol. The topological polar surface area (TPSA) is 45.7 Å². The summed E-state index contributed by atoms with van der Waals surface area (Å²) in [6.07, 6.45) is 1.67. The summed E-state index contributed by atoms with van der Waals surface area (Å²) >= 11 is 0. The second-order valence-electron chi connectivity index (χ2n) is 6.72. The predicted octanol–water partition coefficient (Wildman–Crippen LogP) is 3.89. The lowest BCUT2D eigenvalue weighted by molar-refractivity contribution is 0.0302. The molecule has 1 saturated heterocycles.